The van der Waals surface area contributed by atoms with E-state index in [2.05, 4.69) is 19.2 Å². The number of fused-ring (bicyclic) bond motifs is 1. The summed E-state index contributed by atoms with van der Waals surface area (Å²) in [5.74, 6) is -0.560. The molecule has 2 fully saturated rings. The summed E-state index contributed by atoms with van der Waals surface area (Å²) in [7, 11) is 0. The molecule has 6 heteroatoms. The van der Waals surface area contributed by atoms with Crippen LogP contribution in [0.15, 0.2) is 24.3 Å². The molecular formula is C17H22N2O4. The quantitative estimate of drug-likeness (QED) is 0.893. The molecule has 6 nitrogen and oxygen atoms in total. The van der Waals surface area contributed by atoms with E-state index < -0.39 is 5.97 Å². The van der Waals surface area contributed by atoms with Crippen molar-refractivity contribution in [3.63, 3.8) is 0 Å². The number of carbonyl (C=O) groups is 2. The number of likely N-dealkylation sites (tertiary alicyclic amines) is 1. The van der Waals surface area contributed by atoms with Crippen LogP contribution in [0.2, 0.25) is 0 Å². The molecular weight excluding hydrogens is 296 g/mol. The second kappa shape index (κ2) is 5.85. The number of ether oxygens (including phenoxy) is 1. The van der Waals surface area contributed by atoms with Crippen LogP contribution < -0.4 is 5.32 Å². The van der Waals surface area contributed by atoms with Gasteiger partial charge >= 0.3 is 12.0 Å². The highest BCUT2D eigenvalue weighted by molar-refractivity contribution is 5.87. The molecule has 2 saturated heterocycles. The van der Waals surface area contributed by atoms with Gasteiger partial charge in [0.25, 0.3) is 0 Å². The molecule has 2 heterocycles. The Morgan fingerprint density at radius 3 is 2.65 bits per heavy atom. The van der Waals surface area contributed by atoms with Crippen molar-refractivity contribution >= 4 is 12.0 Å². The Balaban J connectivity index is 1.60. The number of carbonyl (C=O) groups excluding carboxylic acids is 1. The van der Waals surface area contributed by atoms with Gasteiger partial charge in [-0.2, -0.15) is 0 Å². The van der Waals surface area contributed by atoms with E-state index in [4.69, 9.17) is 9.84 Å². The minimum Gasteiger partial charge on any atom is -0.478 e. The van der Waals surface area contributed by atoms with Gasteiger partial charge in [-0.3, -0.25) is 0 Å². The van der Waals surface area contributed by atoms with Gasteiger partial charge in [0.05, 0.1) is 24.8 Å². The van der Waals surface area contributed by atoms with Gasteiger partial charge < -0.3 is 20.1 Å². The summed E-state index contributed by atoms with van der Waals surface area (Å²) >= 11 is 0. The third kappa shape index (κ3) is 3.03. The van der Waals surface area contributed by atoms with Gasteiger partial charge in [-0.1, -0.05) is 26.0 Å². The molecule has 23 heavy (non-hydrogen) atoms. The van der Waals surface area contributed by atoms with Crippen molar-refractivity contribution in [3.05, 3.63) is 35.4 Å². The van der Waals surface area contributed by atoms with Crippen molar-refractivity contribution in [2.24, 2.45) is 11.3 Å². The summed E-state index contributed by atoms with van der Waals surface area (Å²) < 4.78 is 5.55. The second-order valence-corrected chi connectivity index (χ2v) is 6.99. The van der Waals surface area contributed by atoms with E-state index in [1.807, 2.05) is 4.90 Å². The fourth-order valence-corrected chi connectivity index (χ4v) is 3.54. The number of carboxylic acids is 1. The molecule has 2 aliphatic rings. The van der Waals surface area contributed by atoms with Crippen molar-refractivity contribution in [3.8, 4) is 0 Å². The van der Waals surface area contributed by atoms with Crippen LogP contribution in [0, 0.1) is 11.3 Å². The summed E-state index contributed by atoms with van der Waals surface area (Å²) in [4.78, 5) is 25.2. The summed E-state index contributed by atoms with van der Waals surface area (Å²) in [5.41, 5.74) is 1.19. The maximum Gasteiger partial charge on any atom is 0.335 e. The van der Waals surface area contributed by atoms with Crippen LogP contribution >= 0.6 is 0 Å². The molecule has 1 aromatic rings. The first-order valence-corrected chi connectivity index (χ1v) is 7.83. The average molecular weight is 318 g/mol. The summed E-state index contributed by atoms with van der Waals surface area (Å²) in [6.07, 6.45) is 0. The van der Waals surface area contributed by atoms with Crippen LogP contribution in [0.25, 0.3) is 0 Å². The lowest BCUT2D eigenvalue weighted by molar-refractivity contribution is 0.0697. The number of carboxylic acid groups (broad SMARTS) is 1. The van der Waals surface area contributed by atoms with Gasteiger partial charge in [0.2, 0.25) is 0 Å². The lowest BCUT2D eigenvalue weighted by Gasteiger charge is -2.24. The topological polar surface area (TPSA) is 78.9 Å². The molecule has 0 radical (unpaired) electrons. The third-order valence-electron chi connectivity index (χ3n) is 4.94. The summed E-state index contributed by atoms with van der Waals surface area (Å²) in [6.45, 7) is 6.80. The molecule has 124 valence electrons. The highest BCUT2D eigenvalue weighted by Gasteiger charge is 2.51. The normalized spacial score (nSPS) is 25.2. The van der Waals surface area contributed by atoms with Crippen LogP contribution in [-0.2, 0) is 11.3 Å². The number of rotatable bonds is 3. The molecule has 2 N–H and O–H groups in total. The number of amides is 2. The van der Waals surface area contributed by atoms with Crippen molar-refractivity contribution in [1.29, 1.82) is 0 Å². The maximum absolute atomic E-state index is 12.5. The minimum absolute atomic E-state index is 0.0711. The lowest BCUT2D eigenvalue weighted by Crippen LogP contribution is -2.44. The van der Waals surface area contributed by atoms with Gasteiger partial charge in [-0.25, -0.2) is 9.59 Å². The van der Waals surface area contributed by atoms with Crippen molar-refractivity contribution < 1.29 is 19.4 Å². The Morgan fingerprint density at radius 1 is 1.30 bits per heavy atom. The number of urea groups is 1. The Labute approximate surface area is 135 Å². The van der Waals surface area contributed by atoms with Gasteiger partial charge in [0, 0.05) is 19.0 Å². The van der Waals surface area contributed by atoms with E-state index in [1.165, 1.54) is 0 Å². The zero-order chi connectivity index (χ0) is 16.6. The zero-order valence-electron chi connectivity index (χ0n) is 13.4. The van der Waals surface area contributed by atoms with Crippen LogP contribution in [-0.4, -0.2) is 47.8 Å². The molecule has 0 spiro atoms. The second-order valence-electron chi connectivity index (χ2n) is 6.99. The maximum atomic E-state index is 12.5. The molecule has 1 aromatic carbocycles. The van der Waals surface area contributed by atoms with Gasteiger partial charge in [0.1, 0.15) is 0 Å². The highest BCUT2D eigenvalue weighted by atomic mass is 16.5. The number of benzene rings is 1. The van der Waals surface area contributed by atoms with Crippen LogP contribution in [0.3, 0.4) is 0 Å². The van der Waals surface area contributed by atoms with E-state index in [9.17, 15) is 9.59 Å². The summed E-state index contributed by atoms with van der Waals surface area (Å²) in [5, 5.41) is 11.8. The molecule has 0 unspecified atom stereocenters. The fourth-order valence-electron chi connectivity index (χ4n) is 3.54. The Hall–Kier alpha value is -2.08. The number of nitrogens with one attached hydrogen (secondary N) is 1. The first-order chi connectivity index (χ1) is 10.9. The highest BCUT2D eigenvalue weighted by Crippen LogP contribution is 2.43. The Kier molecular flexibility index (Phi) is 4.02. The van der Waals surface area contributed by atoms with E-state index in [-0.39, 0.29) is 23.1 Å². The van der Waals surface area contributed by atoms with Crippen LogP contribution in [0.1, 0.15) is 29.8 Å². The third-order valence-corrected chi connectivity index (χ3v) is 4.94. The number of nitrogens with zero attached hydrogens (tertiary/aromatic N) is 1. The monoisotopic (exact) mass is 318 g/mol. The molecule has 0 aliphatic carbocycles. The van der Waals surface area contributed by atoms with E-state index >= 15 is 0 Å². The Bertz CT molecular complexity index is 612. The molecule has 2 amide bonds. The van der Waals surface area contributed by atoms with Crippen LogP contribution in [0.4, 0.5) is 4.79 Å². The average Bonchev–Trinajstić information content (AvgIpc) is 3.09. The minimum atomic E-state index is -0.952. The molecule has 2 aliphatic heterocycles. The largest absolute Gasteiger partial charge is 0.478 e. The lowest BCUT2D eigenvalue weighted by atomic mass is 9.80. The Morgan fingerprint density at radius 2 is 2.00 bits per heavy atom. The zero-order valence-corrected chi connectivity index (χ0v) is 13.4. The van der Waals surface area contributed by atoms with Crippen molar-refractivity contribution in [2.75, 3.05) is 19.8 Å². The summed E-state index contributed by atoms with van der Waals surface area (Å²) in [6, 6.07) is 6.60. The molecule has 0 saturated carbocycles. The fraction of sp³-hybridized carbons (Fsp3) is 0.529. The SMILES string of the molecule is CC1(C)CN(C(=O)NCc2ccc(C(=O)O)cc2)[C@@H]2COC[C@@H]21. The smallest absolute Gasteiger partial charge is 0.335 e. The van der Waals surface area contributed by atoms with E-state index in [1.54, 1.807) is 24.3 Å². The van der Waals surface area contributed by atoms with Gasteiger partial charge in [-0.05, 0) is 23.1 Å². The van der Waals surface area contributed by atoms with E-state index in [0.717, 1.165) is 18.7 Å². The molecule has 0 bridgehead atoms. The van der Waals surface area contributed by atoms with E-state index in [0.29, 0.717) is 19.1 Å². The number of hydrogen-bond donors (Lipinski definition) is 2. The van der Waals surface area contributed by atoms with Gasteiger partial charge in [-0.15, -0.1) is 0 Å². The predicted octanol–water partition coefficient (Wildman–Crippen LogP) is 1.95. The molecule has 3 rings (SSSR count). The predicted molar refractivity (Wildman–Crippen MR) is 84.2 cm³/mol. The first-order valence-electron chi connectivity index (χ1n) is 7.83. The molecule has 0 aromatic heterocycles. The first kappa shape index (κ1) is 15.8. The van der Waals surface area contributed by atoms with Crippen molar-refractivity contribution in [1.82, 2.24) is 10.2 Å². The van der Waals surface area contributed by atoms with Gasteiger partial charge in [0.15, 0.2) is 0 Å². The van der Waals surface area contributed by atoms with Crippen molar-refractivity contribution in [2.45, 2.75) is 26.4 Å². The number of hydrogen-bond acceptors (Lipinski definition) is 3. The van der Waals surface area contributed by atoms with Crippen LogP contribution in [0.5, 0.6) is 0 Å². The standard InChI is InChI=1S/C17H22N2O4/c1-17(2)10-19(14-9-23-8-13(14)17)16(22)18-7-11-3-5-12(6-4-11)15(20)21/h3-6,13-14H,7-10H2,1-2H3,(H,18,22)(H,20,21)/t13-,14+/m0/s1. The number of aromatic carboxylic acids is 1. The molecule has 2 atom stereocenters.